The Morgan fingerprint density at radius 3 is 2.93 bits per heavy atom. The van der Waals surface area contributed by atoms with Crippen LogP contribution in [-0.4, -0.2) is 20.8 Å². The summed E-state index contributed by atoms with van der Waals surface area (Å²) in [6.45, 7) is 1.99. The van der Waals surface area contributed by atoms with Crippen LogP contribution in [0.2, 0.25) is 0 Å². The van der Waals surface area contributed by atoms with E-state index in [2.05, 4.69) is 4.72 Å². The molecular formula is C10H13NO3S. The molecule has 0 saturated heterocycles. The zero-order valence-corrected chi connectivity index (χ0v) is 9.25. The van der Waals surface area contributed by atoms with Crippen molar-refractivity contribution in [2.24, 2.45) is 0 Å². The van der Waals surface area contributed by atoms with E-state index in [1.807, 2.05) is 24.3 Å². The van der Waals surface area contributed by atoms with Crippen molar-refractivity contribution < 1.29 is 13.2 Å². The molecule has 82 valence electrons. The average Bonchev–Trinajstić information content (AvgIpc) is 2.62. The minimum atomic E-state index is -3.18. The van der Waals surface area contributed by atoms with Crippen LogP contribution in [0.4, 0.5) is 0 Å². The number of nitrogens with one attached hydrogen (secondary N) is 1. The zero-order chi connectivity index (χ0) is 10.9. The third-order valence-corrected chi connectivity index (χ3v) is 3.81. The van der Waals surface area contributed by atoms with E-state index in [9.17, 15) is 8.42 Å². The molecule has 1 heterocycles. The van der Waals surface area contributed by atoms with Gasteiger partial charge in [0.05, 0.1) is 11.8 Å². The third kappa shape index (κ3) is 2.13. The van der Waals surface area contributed by atoms with E-state index in [4.69, 9.17) is 4.74 Å². The van der Waals surface area contributed by atoms with Crippen molar-refractivity contribution in [1.29, 1.82) is 0 Å². The van der Waals surface area contributed by atoms with Gasteiger partial charge < -0.3 is 4.74 Å². The van der Waals surface area contributed by atoms with Crippen LogP contribution in [0.25, 0.3) is 0 Å². The van der Waals surface area contributed by atoms with E-state index in [1.165, 1.54) is 0 Å². The highest BCUT2D eigenvalue weighted by molar-refractivity contribution is 7.89. The van der Waals surface area contributed by atoms with Crippen LogP contribution in [0.1, 0.15) is 18.5 Å². The summed E-state index contributed by atoms with van der Waals surface area (Å²) in [5.74, 6) is 0.854. The highest BCUT2D eigenvalue weighted by Crippen LogP contribution is 2.31. The summed E-state index contributed by atoms with van der Waals surface area (Å²) in [4.78, 5) is 0. The molecule has 1 aromatic rings. The molecule has 1 aliphatic heterocycles. The van der Waals surface area contributed by atoms with E-state index < -0.39 is 10.0 Å². The van der Waals surface area contributed by atoms with Crippen LogP contribution in [0.3, 0.4) is 0 Å². The predicted octanol–water partition coefficient (Wildman–Crippen LogP) is 1.06. The van der Waals surface area contributed by atoms with Gasteiger partial charge in [-0.05, 0) is 13.0 Å². The molecule has 0 saturated carbocycles. The Hall–Kier alpha value is -1.07. The number of fused-ring (bicyclic) bond motifs is 1. The van der Waals surface area contributed by atoms with Gasteiger partial charge in [-0.1, -0.05) is 18.2 Å². The first kappa shape index (κ1) is 10.4. The largest absolute Gasteiger partial charge is 0.491 e. The van der Waals surface area contributed by atoms with Crippen LogP contribution in [0, 0.1) is 0 Å². The molecule has 1 N–H and O–H groups in total. The molecule has 5 heteroatoms. The van der Waals surface area contributed by atoms with E-state index >= 15 is 0 Å². The number of para-hydroxylation sites is 1. The van der Waals surface area contributed by atoms with E-state index in [1.54, 1.807) is 6.92 Å². The number of benzene rings is 1. The van der Waals surface area contributed by atoms with Gasteiger partial charge >= 0.3 is 0 Å². The van der Waals surface area contributed by atoms with Gasteiger partial charge in [-0.15, -0.1) is 0 Å². The molecule has 1 aliphatic rings. The van der Waals surface area contributed by atoms with E-state index in [-0.39, 0.29) is 11.8 Å². The molecule has 2 rings (SSSR count). The van der Waals surface area contributed by atoms with E-state index in [0.717, 1.165) is 11.3 Å². The Morgan fingerprint density at radius 2 is 2.20 bits per heavy atom. The second kappa shape index (κ2) is 3.83. The molecule has 0 aliphatic carbocycles. The normalized spacial score (nSPS) is 19.7. The summed E-state index contributed by atoms with van der Waals surface area (Å²) in [7, 11) is -3.18. The highest BCUT2D eigenvalue weighted by Gasteiger charge is 2.26. The van der Waals surface area contributed by atoms with Crippen molar-refractivity contribution in [2.75, 3.05) is 12.4 Å². The lowest BCUT2D eigenvalue weighted by Gasteiger charge is -2.10. The molecule has 1 aromatic carbocycles. The Morgan fingerprint density at radius 1 is 1.47 bits per heavy atom. The maximum atomic E-state index is 11.4. The molecule has 1 atom stereocenters. The van der Waals surface area contributed by atoms with Gasteiger partial charge in [0.25, 0.3) is 0 Å². The second-order valence-electron chi connectivity index (χ2n) is 3.42. The monoisotopic (exact) mass is 227 g/mol. The van der Waals surface area contributed by atoms with Crippen molar-refractivity contribution in [3.8, 4) is 5.75 Å². The van der Waals surface area contributed by atoms with Crippen molar-refractivity contribution >= 4 is 10.0 Å². The van der Waals surface area contributed by atoms with Crippen molar-refractivity contribution in [2.45, 2.75) is 13.0 Å². The van der Waals surface area contributed by atoms with Gasteiger partial charge in [-0.2, -0.15) is 0 Å². The van der Waals surface area contributed by atoms with Gasteiger partial charge in [0.15, 0.2) is 0 Å². The lowest BCUT2D eigenvalue weighted by molar-refractivity contribution is 0.325. The van der Waals surface area contributed by atoms with Gasteiger partial charge in [-0.25, -0.2) is 13.1 Å². The zero-order valence-electron chi connectivity index (χ0n) is 8.43. The van der Waals surface area contributed by atoms with Crippen LogP contribution < -0.4 is 9.46 Å². The number of ether oxygens (including phenoxy) is 1. The van der Waals surface area contributed by atoms with Crippen LogP contribution in [0.15, 0.2) is 24.3 Å². The molecule has 0 spiro atoms. The van der Waals surface area contributed by atoms with Crippen LogP contribution in [-0.2, 0) is 10.0 Å². The number of hydrogen-bond donors (Lipinski definition) is 1. The Labute approximate surface area is 89.3 Å². The maximum absolute atomic E-state index is 11.4. The number of hydrogen-bond acceptors (Lipinski definition) is 3. The average molecular weight is 227 g/mol. The lowest BCUT2D eigenvalue weighted by atomic mass is 10.1. The highest BCUT2D eigenvalue weighted by atomic mass is 32.2. The number of sulfonamides is 1. The van der Waals surface area contributed by atoms with Crippen molar-refractivity contribution in [3.63, 3.8) is 0 Å². The lowest BCUT2D eigenvalue weighted by Crippen LogP contribution is -2.30. The fourth-order valence-corrected chi connectivity index (χ4v) is 2.36. The fraction of sp³-hybridized carbons (Fsp3) is 0.400. The molecule has 0 amide bonds. The summed E-state index contributed by atoms with van der Waals surface area (Å²) < 4.78 is 30.8. The van der Waals surface area contributed by atoms with Crippen LogP contribution >= 0.6 is 0 Å². The first-order valence-electron chi connectivity index (χ1n) is 4.84. The topological polar surface area (TPSA) is 55.4 Å². The Bertz CT molecular complexity index is 455. The molecule has 0 bridgehead atoms. The van der Waals surface area contributed by atoms with Gasteiger partial charge in [0.1, 0.15) is 12.4 Å². The van der Waals surface area contributed by atoms with Gasteiger partial charge in [0.2, 0.25) is 10.0 Å². The molecule has 0 unspecified atom stereocenters. The standard InChI is InChI=1S/C10H13NO3S/c1-2-15(12,13)11-9-7-14-10-6-4-3-5-8(9)10/h3-6,9,11H,2,7H2,1H3/t9-/m0/s1. The summed E-state index contributed by atoms with van der Waals surface area (Å²) in [5, 5.41) is 0. The van der Waals surface area contributed by atoms with Gasteiger partial charge in [-0.3, -0.25) is 0 Å². The van der Waals surface area contributed by atoms with Gasteiger partial charge in [0, 0.05) is 5.56 Å². The molecule has 4 nitrogen and oxygen atoms in total. The predicted molar refractivity (Wildman–Crippen MR) is 57.3 cm³/mol. The maximum Gasteiger partial charge on any atom is 0.212 e. The quantitative estimate of drug-likeness (QED) is 0.840. The SMILES string of the molecule is CCS(=O)(=O)N[C@H]1COc2ccccc21. The summed E-state index contributed by atoms with van der Waals surface area (Å²) in [5.41, 5.74) is 0.912. The third-order valence-electron chi connectivity index (χ3n) is 2.40. The smallest absolute Gasteiger partial charge is 0.212 e. The molecule has 0 aromatic heterocycles. The molecular weight excluding hydrogens is 214 g/mol. The Balaban J connectivity index is 2.22. The van der Waals surface area contributed by atoms with Crippen molar-refractivity contribution in [1.82, 2.24) is 4.72 Å². The Kier molecular flexibility index (Phi) is 2.67. The summed E-state index contributed by atoms with van der Waals surface area (Å²) in [6.07, 6.45) is 0. The van der Waals surface area contributed by atoms with Crippen LogP contribution in [0.5, 0.6) is 5.75 Å². The first-order valence-corrected chi connectivity index (χ1v) is 6.49. The minimum Gasteiger partial charge on any atom is -0.491 e. The summed E-state index contributed by atoms with van der Waals surface area (Å²) >= 11 is 0. The number of rotatable bonds is 3. The minimum absolute atomic E-state index is 0.0890. The van der Waals surface area contributed by atoms with Crippen molar-refractivity contribution in [3.05, 3.63) is 29.8 Å². The second-order valence-corrected chi connectivity index (χ2v) is 5.47. The molecule has 0 radical (unpaired) electrons. The summed E-state index contributed by atoms with van der Waals surface area (Å²) in [6, 6.07) is 7.22. The fourth-order valence-electron chi connectivity index (χ4n) is 1.56. The first-order chi connectivity index (χ1) is 7.12. The molecule has 15 heavy (non-hydrogen) atoms. The van der Waals surface area contributed by atoms with E-state index in [0.29, 0.717) is 6.61 Å². The molecule has 0 fully saturated rings.